The molecule has 1 unspecified atom stereocenters. The first-order chi connectivity index (χ1) is 12.5. The molecule has 0 aliphatic rings. The van der Waals surface area contributed by atoms with Crippen LogP contribution in [-0.2, 0) is 4.74 Å². The molecule has 2 aromatic carbocycles. The van der Waals surface area contributed by atoms with Crippen molar-refractivity contribution in [3.05, 3.63) is 68.2 Å². The number of ether oxygens (including phenoxy) is 1. The first-order valence-electron chi connectivity index (χ1n) is 8.56. The summed E-state index contributed by atoms with van der Waals surface area (Å²) in [5.74, 6) is 0. The number of aromatic nitrogens is 1. The van der Waals surface area contributed by atoms with Crippen LogP contribution in [0.2, 0.25) is 0 Å². The highest BCUT2D eigenvalue weighted by Gasteiger charge is 2.14. The number of thiazole rings is 1. The molecule has 136 valence electrons. The Hall–Kier alpha value is -1.69. The minimum atomic E-state index is 0.189. The van der Waals surface area contributed by atoms with Crippen LogP contribution in [0.25, 0.3) is 11.3 Å². The molecule has 0 spiro atoms. The number of nitrogens with zero attached hydrogens (tertiary/aromatic N) is 2. The molecule has 1 heterocycles. The molecule has 0 saturated carbocycles. The number of hydrogen-bond acceptors (Lipinski definition) is 3. The molecule has 0 bridgehead atoms. The van der Waals surface area contributed by atoms with E-state index in [1.807, 2.05) is 0 Å². The van der Waals surface area contributed by atoms with Gasteiger partial charge in [-0.25, -0.2) is 4.99 Å². The van der Waals surface area contributed by atoms with Crippen LogP contribution in [-0.4, -0.2) is 18.3 Å². The van der Waals surface area contributed by atoms with E-state index in [1.165, 1.54) is 16.7 Å². The van der Waals surface area contributed by atoms with Crippen molar-refractivity contribution in [1.82, 2.24) is 4.57 Å². The van der Waals surface area contributed by atoms with Gasteiger partial charge in [0.25, 0.3) is 0 Å². The zero-order valence-electron chi connectivity index (χ0n) is 15.5. The summed E-state index contributed by atoms with van der Waals surface area (Å²) < 4.78 is 8.77. The van der Waals surface area contributed by atoms with E-state index in [0.717, 1.165) is 20.7 Å². The van der Waals surface area contributed by atoms with Gasteiger partial charge in [0, 0.05) is 17.0 Å². The molecule has 1 aromatic heterocycles. The summed E-state index contributed by atoms with van der Waals surface area (Å²) in [7, 11) is 1.74. The quantitative estimate of drug-likeness (QED) is 0.484. The highest BCUT2D eigenvalue weighted by atomic mass is 79.9. The van der Waals surface area contributed by atoms with Crippen LogP contribution in [0.3, 0.4) is 0 Å². The number of halogens is 1. The summed E-state index contributed by atoms with van der Waals surface area (Å²) in [4.78, 5) is 5.95. The molecular formula is C21H23BrN2OS. The van der Waals surface area contributed by atoms with Crippen LogP contribution in [0, 0.1) is 13.8 Å². The van der Waals surface area contributed by atoms with Gasteiger partial charge in [0.1, 0.15) is 0 Å². The van der Waals surface area contributed by atoms with Crippen molar-refractivity contribution in [2.75, 3.05) is 13.7 Å². The fourth-order valence-electron chi connectivity index (χ4n) is 3.01. The normalized spacial score (nSPS) is 13.2. The fraction of sp³-hybridized carbons (Fsp3) is 0.286. The lowest BCUT2D eigenvalue weighted by Crippen LogP contribution is -2.23. The highest BCUT2D eigenvalue weighted by molar-refractivity contribution is 9.10. The molecule has 0 aliphatic heterocycles. The third kappa shape index (κ3) is 4.17. The molecular weight excluding hydrogens is 408 g/mol. The molecule has 1 atom stereocenters. The van der Waals surface area contributed by atoms with Crippen molar-refractivity contribution in [3.63, 3.8) is 0 Å². The van der Waals surface area contributed by atoms with E-state index < -0.39 is 0 Å². The molecule has 3 rings (SSSR count). The Morgan fingerprint density at radius 1 is 1.15 bits per heavy atom. The maximum Gasteiger partial charge on any atom is 0.190 e. The molecule has 0 amide bonds. The predicted octanol–water partition coefficient (Wildman–Crippen LogP) is 6.04. The van der Waals surface area contributed by atoms with Gasteiger partial charge in [-0.2, -0.15) is 0 Å². The van der Waals surface area contributed by atoms with E-state index in [0.29, 0.717) is 6.61 Å². The topological polar surface area (TPSA) is 26.5 Å². The third-order valence-electron chi connectivity index (χ3n) is 4.30. The monoisotopic (exact) mass is 430 g/mol. The van der Waals surface area contributed by atoms with E-state index in [1.54, 1.807) is 18.4 Å². The van der Waals surface area contributed by atoms with Crippen molar-refractivity contribution in [1.29, 1.82) is 0 Å². The number of hydrogen-bond donors (Lipinski definition) is 0. The summed E-state index contributed by atoms with van der Waals surface area (Å²) in [6, 6.07) is 15.0. The van der Waals surface area contributed by atoms with Crippen molar-refractivity contribution in [2.45, 2.75) is 26.8 Å². The number of rotatable bonds is 5. The molecule has 0 saturated heterocycles. The largest absolute Gasteiger partial charge is 0.383 e. The maximum absolute atomic E-state index is 5.42. The molecule has 0 aliphatic carbocycles. The van der Waals surface area contributed by atoms with Gasteiger partial charge in [0.15, 0.2) is 4.80 Å². The Balaban J connectivity index is 2.16. The zero-order chi connectivity index (χ0) is 18.7. The number of benzene rings is 2. The Labute approximate surface area is 167 Å². The lowest BCUT2D eigenvalue weighted by molar-refractivity contribution is 0.162. The lowest BCUT2D eigenvalue weighted by atomic mass is 10.1. The first kappa shape index (κ1) is 19.1. The van der Waals surface area contributed by atoms with Gasteiger partial charge in [-0.1, -0.05) is 45.8 Å². The summed E-state index contributed by atoms with van der Waals surface area (Å²) in [6.45, 7) is 7.02. The van der Waals surface area contributed by atoms with E-state index in [4.69, 9.17) is 9.73 Å². The Morgan fingerprint density at radius 3 is 2.54 bits per heavy atom. The molecule has 0 fully saturated rings. The van der Waals surface area contributed by atoms with Crippen LogP contribution < -0.4 is 4.80 Å². The van der Waals surface area contributed by atoms with Gasteiger partial charge < -0.3 is 9.30 Å². The summed E-state index contributed by atoms with van der Waals surface area (Å²) in [5.41, 5.74) is 5.79. The Kier molecular flexibility index (Phi) is 6.12. The summed E-state index contributed by atoms with van der Waals surface area (Å²) in [6.07, 6.45) is 0. The van der Waals surface area contributed by atoms with Crippen LogP contribution in [0.5, 0.6) is 0 Å². The molecule has 0 radical (unpaired) electrons. The van der Waals surface area contributed by atoms with Gasteiger partial charge in [-0.15, -0.1) is 11.3 Å². The van der Waals surface area contributed by atoms with E-state index in [2.05, 4.69) is 89.1 Å². The van der Waals surface area contributed by atoms with Gasteiger partial charge in [-0.05, 0) is 50.1 Å². The van der Waals surface area contributed by atoms with Gasteiger partial charge >= 0.3 is 0 Å². The second kappa shape index (κ2) is 8.33. The third-order valence-corrected chi connectivity index (χ3v) is 5.67. The van der Waals surface area contributed by atoms with Crippen LogP contribution >= 0.6 is 27.3 Å². The minimum absolute atomic E-state index is 0.189. The van der Waals surface area contributed by atoms with Crippen LogP contribution in [0.4, 0.5) is 5.69 Å². The molecule has 26 heavy (non-hydrogen) atoms. The number of methoxy groups -OCH3 is 1. The zero-order valence-corrected chi connectivity index (χ0v) is 17.9. The summed E-state index contributed by atoms with van der Waals surface area (Å²) in [5, 5.41) is 2.18. The Bertz CT molecular complexity index is 957. The average molecular weight is 431 g/mol. The van der Waals surface area contributed by atoms with E-state index in [-0.39, 0.29) is 6.04 Å². The standard InChI is InChI=1S/C21H23BrN2OS/c1-14-5-10-19(15(2)11-14)23-21-24(16(3)12-25-4)20(13-26-21)17-6-8-18(22)9-7-17/h5-11,13,16H,12H2,1-4H3. The van der Waals surface area contributed by atoms with Crippen molar-refractivity contribution >= 4 is 33.0 Å². The lowest BCUT2D eigenvalue weighted by Gasteiger charge is -2.17. The predicted molar refractivity (Wildman–Crippen MR) is 113 cm³/mol. The number of aryl methyl sites for hydroxylation is 2. The van der Waals surface area contributed by atoms with Gasteiger partial charge in [0.05, 0.1) is 24.0 Å². The van der Waals surface area contributed by atoms with Crippen molar-refractivity contribution in [2.24, 2.45) is 4.99 Å². The smallest absolute Gasteiger partial charge is 0.190 e. The van der Waals surface area contributed by atoms with Crippen molar-refractivity contribution in [3.8, 4) is 11.3 Å². The van der Waals surface area contributed by atoms with Gasteiger partial charge in [-0.3, -0.25) is 0 Å². The molecule has 3 aromatic rings. The average Bonchev–Trinajstić information content (AvgIpc) is 3.02. The first-order valence-corrected chi connectivity index (χ1v) is 10.2. The summed E-state index contributed by atoms with van der Waals surface area (Å²) >= 11 is 5.18. The SMILES string of the molecule is COCC(C)n1c(-c2ccc(Br)cc2)csc1=Nc1ccc(C)cc1C. The molecule has 5 heteroatoms. The van der Waals surface area contributed by atoms with E-state index in [9.17, 15) is 0 Å². The minimum Gasteiger partial charge on any atom is -0.383 e. The van der Waals surface area contributed by atoms with Gasteiger partial charge in [0.2, 0.25) is 0 Å². The maximum atomic E-state index is 5.42. The molecule has 0 N–H and O–H groups in total. The second-order valence-electron chi connectivity index (χ2n) is 6.49. The van der Waals surface area contributed by atoms with E-state index >= 15 is 0 Å². The van der Waals surface area contributed by atoms with Crippen LogP contribution in [0.15, 0.2) is 57.3 Å². The van der Waals surface area contributed by atoms with Crippen molar-refractivity contribution < 1.29 is 4.74 Å². The van der Waals surface area contributed by atoms with Crippen LogP contribution in [0.1, 0.15) is 24.1 Å². The Morgan fingerprint density at radius 2 is 1.88 bits per heavy atom. The second-order valence-corrected chi connectivity index (χ2v) is 8.24. The fourth-order valence-corrected chi connectivity index (χ4v) is 4.28. The molecule has 3 nitrogen and oxygen atoms in total. The highest BCUT2D eigenvalue weighted by Crippen LogP contribution is 2.26.